The van der Waals surface area contributed by atoms with Gasteiger partial charge in [0.05, 0.1) is 6.07 Å². The fraction of sp³-hybridized carbons (Fsp3) is 0.625. The third-order valence-corrected chi connectivity index (χ3v) is 2.06. The summed E-state index contributed by atoms with van der Waals surface area (Å²) in [5, 5.41) is 8.21. The van der Waals surface area contributed by atoms with E-state index in [0.29, 0.717) is 5.41 Å². The van der Waals surface area contributed by atoms with Crippen LogP contribution < -0.4 is 0 Å². The van der Waals surface area contributed by atoms with Gasteiger partial charge < -0.3 is 0 Å². The molecule has 0 aliphatic heterocycles. The standard InChI is InChI=1S/C8H11N/c1-8(4-2-5-8)6-3-7-9/h3,6H,2,4-5H2,1H3. The number of nitriles is 1. The Hall–Kier alpha value is -0.770. The minimum Gasteiger partial charge on any atom is -0.193 e. The Morgan fingerprint density at radius 2 is 2.22 bits per heavy atom. The summed E-state index contributed by atoms with van der Waals surface area (Å²) in [6, 6.07) is 2.01. The zero-order chi connectivity index (χ0) is 6.74. The predicted octanol–water partition coefficient (Wildman–Crippen LogP) is 2.26. The second-order valence-corrected chi connectivity index (χ2v) is 2.97. The zero-order valence-electron chi connectivity index (χ0n) is 5.72. The van der Waals surface area contributed by atoms with Crippen LogP contribution in [0.4, 0.5) is 0 Å². The topological polar surface area (TPSA) is 23.8 Å². The molecular formula is C8H11N. The summed E-state index contributed by atoms with van der Waals surface area (Å²) in [5.41, 5.74) is 0.371. The van der Waals surface area contributed by atoms with Gasteiger partial charge in [-0.3, -0.25) is 0 Å². The Kier molecular flexibility index (Phi) is 1.57. The van der Waals surface area contributed by atoms with Gasteiger partial charge in [-0.25, -0.2) is 0 Å². The first-order chi connectivity index (χ1) is 4.27. The third kappa shape index (κ3) is 1.32. The molecule has 0 amide bonds. The monoisotopic (exact) mass is 121 g/mol. The van der Waals surface area contributed by atoms with Crippen molar-refractivity contribution in [3.63, 3.8) is 0 Å². The molecule has 0 aromatic heterocycles. The lowest BCUT2D eigenvalue weighted by molar-refractivity contribution is 0.234. The molecule has 1 aliphatic carbocycles. The summed E-state index contributed by atoms with van der Waals surface area (Å²) in [5.74, 6) is 0. The lowest BCUT2D eigenvalue weighted by Gasteiger charge is -2.34. The summed E-state index contributed by atoms with van der Waals surface area (Å²) in [6.45, 7) is 2.20. The molecule has 0 radical (unpaired) electrons. The fourth-order valence-corrected chi connectivity index (χ4v) is 1.14. The van der Waals surface area contributed by atoms with Crippen molar-refractivity contribution >= 4 is 0 Å². The Morgan fingerprint density at radius 3 is 2.56 bits per heavy atom. The van der Waals surface area contributed by atoms with Crippen molar-refractivity contribution in [1.29, 1.82) is 5.26 Å². The van der Waals surface area contributed by atoms with Crippen LogP contribution in [0.1, 0.15) is 26.2 Å². The number of hydrogen-bond donors (Lipinski definition) is 0. The maximum absolute atomic E-state index is 8.21. The van der Waals surface area contributed by atoms with E-state index in [-0.39, 0.29) is 0 Å². The molecule has 0 bridgehead atoms. The van der Waals surface area contributed by atoms with Gasteiger partial charge in [0.1, 0.15) is 0 Å². The van der Waals surface area contributed by atoms with Crippen molar-refractivity contribution in [2.45, 2.75) is 26.2 Å². The largest absolute Gasteiger partial charge is 0.193 e. The van der Waals surface area contributed by atoms with Gasteiger partial charge in [-0.1, -0.05) is 19.4 Å². The number of nitrogens with zero attached hydrogens (tertiary/aromatic N) is 1. The van der Waals surface area contributed by atoms with E-state index in [1.807, 2.05) is 12.1 Å². The molecular weight excluding hydrogens is 110 g/mol. The van der Waals surface area contributed by atoms with Gasteiger partial charge in [-0.15, -0.1) is 0 Å². The second kappa shape index (κ2) is 2.23. The molecule has 0 heterocycles. The third-order valence-electron chi connectivity index (χ3n) is 2.06. The summed E-state index contributed by atoms with van der Waals surface area (Å²) in [4.78, 5) is 0. The average Bonchev–Trinajstić information content (AvgIpc) is 1.79. The molecule has 1 saturated carbocycles. The van der Waals surface area contributed by atoms with Crippen molar-refractivity contribution in [2.75, 3.05) is 0 Å². The van der Waals surface area contributed by atoms with Crippen LogP contribution in [0.5, 0.6) is 0 Å². The van der Waals surface area contributed by atoms with Crippen molar-refractivity contribution in [3.8, 4) is 6.07 Å². The fourth-order valence-electron chi connectivity index (χ4n) is 1.14. The lowest BCUT2D eigenvalue weighted by atomic mass is 9.70. The summed E-state index contributed by atoms with van der Waals surface area (Å²) >= 11 is 0. The highest BCUT2D eigenvalue weighted by Gasteiger charge is 2.28. The maximum atomic E-state index is 8.21. The van der Waals surface area contributed by atoms with E-state index in [1.165, 1.54) is 19.3 Å². The highest BCUT2D eigenvalue weighted by molar-refractivity contribution is 5.10. The highest BCUT2D eigenvalue weighted by atomic mass is 14.3. The second-order valence-electron chi connectivity index (χ2n) is 2.97. The van der Waals surface area contributed by atoms with Crippen LogP contribution >= 0.6 is 0 Å². The molecule has 1 nitrogen and oxygen atoms in total. The van der Waals surface area contributed by atoms with Crippen LogP contribution in [0.2, 0.25) is 0 Å². The van der Waals surface area contributed by atoms with Gasteiger partial charge in [0, 0.05) is 6.08 Å². The van der Waals surface area contributed by atoms with Crippen LogP contribution in [0.25, 0.3) is 0 Å². The zero-order valence-corrected chi connectivity index (χ0v) is 5.72. The molecule has 1 rings (SSSR count). The van der Waals surface area contributed by atoms with Gasteiger partial charge in [-0.05, 0) is 18.3 Å². The van der Waals surface area contributed by atoms with E-state index in [9.17, 15) is 0 Å². The molecule has 1 aliphatic rings. The maximum Gasteiger partial charge on any atom is 0.0908 e. The molecule has 0 unspecified atom stereocenters. The first-order valence-corrected chi connectivity index (χ1v) is 3.34. The van der Waals surface area contributed by atoms with Gasteiger partial charge in [-0.2, -0.15) is 5.26 Å². The number of rotatable bonds is 1. The van der Waals surface area contributed by atoms with E-state index < -0.39 is 0 Å². The summed E-state index contributed by atoms with van der Waals surface area (Å²) in [7, 11) is 0. The summed E-state index contributed by atoms with van der Waals surface area (Å²) in [6.07, 6.45) is 7.46. The van der Waals surface area contributed by atoms with E-state index >= 15 is 0 Å². The Balaban J connectivity index is 2.43. The Morgan fingerprint density at radius 1 is 1.56 bits per heavy atom. The van der Waals surface area contributed by atoms with E-state index in [4.69, 9.17) is 5.26 Å². The molecule has 0 aromatic carbocycles. The molecule has 0 aromatic rings. The summed E-state index contributed by atoms with van der Waals surface area (Å²) < 4.78 is 0. The van der Waals surface area contributed by atoms with Gasteiger partial charge in [0.25, 0.3) is 0 Å². The molecule has 48 valence electrons. The molecule has 0 saturated heterocycles. The quantitative estimate of drug-likeness (QED) is 0.488. The van der Waals surface area contributed by atoms with Gasteiger partial charge >= 0.3 is 0 Å². The average molecular weight is 121 g/mol. The minimum absolute atomic E-state index is 0.371. The van der Waals surface area contributed by atoms with Crippen LogP contribution in [-0.4, -0.2) is 0 Å². The van der Waals surface area contributed by atoms with Crippen LogP contribution in [0.15, 0.2) is 12.2 Å². The van der Waals surface area contributed by atoms with Crippen molar-refractivity contribution in [2.24, 2.45) is 5.41 Å². The molecule has 1 fully saturated rings. The van der Waals surface area contributed by atoms with Gasteiger partial charge in [0.15, 0.2) is 0 Å². The van der Waals surface area contributed by atoms with E-state index in [2.05, 4.69) is 6.92 Å². The normalized spacial score (nSPS) is 23.1. The molecule has 0 spiro atoms. The van der Waals surface area contributed by atoms with Crippen molar-refractivity contribution < 1.29 is 0 Å². The smallest absolute Gasteiger partial charge is 0.0908 e. The van der Waals surface area contributed by atoms with E-state index in [0.717, 1.165) is 0 Å². The molecule has 0 N–H and O–H groups in total. The Labute approximate surface area is 56.0 Å². The Bertz CT molecular complexity index is 158. The number of allylic oxidation sites excluding steroid dienone is 2. The number of hydrogen-bond acceptors (Lipinski definition) is 1. The SMILES string of the molecule is CC1(C=CC#N)CCC1. The van der Waals surface area contributed by atoms with Crippen LogP contribution in [-0.2, 0) is 0 Å². The van der Waals surface area contributed by atoms with Crippen LogP contribution in [0.3, 0.4) is 0 Å². The lowest BCUT2D eigenvalue weighted by Crippen LogP contribution is -2.22. The molecule has 0 atom stereocenters. The van der Waals surface area contributed by atoms with Gasteiger partial charge in [0.2, 0.25) is 0 Å². The predicted molar refractivity (Wildman–Crippen MR) is 36.7 cm³/mol. The molecule has 1 heteroatoms. The van der Waals surface area contributed by atoms with Crippen molar-refractivity contribution in [1.82, 2.24) is 0 Å². The first kappa shape index (κ1) is 6.35. The van der Waals surface area contributed by atoms with E-state index in [1.54, 1.807) is 6.08 Å². The molecule has 9 heavy (non-hydrogen) atoms. The first-order valence-electron chi connectivity index (χ1n) is 3.34. The van der Waals surface area contributed by atoms with Crippen molar-refractivity contribution in [3.05, 3.63) is 12.2 Å². The highest BCUT2D eigenvalue weighted by Crippen LogP contribution is 2.41. The minimum atomic E-state index is 0.371. The van der Waals surface area contributed by atoms with Crippen LogP contribution in [0, 0.1) is 16.7 Å².